The Hall–Kier alpha value is -1.44. The largest absolute Gasteiger partial charge is 0.461 e. The fraction of sp³-hybridized carbons (Fsp3) is 0.385. The third-order valence-corrected chi connectivity index (χ3v) is 3.11. The van der Waals surface area contributed by atoms with Crippen LogP contribution in [0.1, 0.15) is 22.3 Å². The van der Waals surface area contributed by atoms with Crippen molar-refractivity contribution < 1.29 is 31.9 Å². The van der Waals surface area contributed by atoms with Crippen LogP contribution in [-0.2, 0) is 15.7 Å². The summed E-state index contributed by atoms with van der Waals surface area (Å²) in [4.78, 5) is 21.1. The third-order valence-electron chi connectivity index (χ3n) is 2.47. The van der Waals surface area contributed by atoms with Crippen LogP contribution in [0.3, 0.4) is 0 Å². The van der Waals surface area contributed by atoms with Crippen LogP contribution in [0.25, 0.3) is 0 Å². The van der Waals surface area contributed by atoms with Crippen LogP contribution in [-0.4, -0.2) is 29.9 Å². The predicted octanol–water partition coefficient (Wildman–Crippen LogP) is 3.55. The molecular formula is C13H11BrF4O3. The van der Waals surface area contributed by atoms with Crippen molar-refractivity contribution in [1.82, 2.24) is 0 Å². The lowest BCUT2D eigenvalue weighted by molar-refractivity contribution is -0.137. The van der Waals surface area contributed by atoms with Gasteiger partial charge in [-0.15, -0.1) is 0 Å². The second kappa shape index (κ2) is 7.53. The van der Waals surface area contributed by atoms with E-state index in [1.54, 1.807) is 0 Å². The van der Waals surface area contributed by atoms with Gasteiger partial charge in [-0.05, 0) is 24.3 Å². The van der Waals surface area contributed by atoms with Gasteiger partial charge in [0.1, 0.15) is 6.61 Å². The normalized spacial score (nSPS) is 14.3. The standard InChI is InChI=1S/C13H11BrF4O3/c14-10(5-11(15)6-19)7-21-12(20)8-1-3-9(4-2-8)13(16,17)18/h1-4,6,10-11H,5,7H2/t10-,11+/m1/s1. The Labute approximate surface area is 126 Å². The van der Waals surface area contributed by atoms with Crippen molar-refractivity contribution in [3.63, 3.8) is 0 Å². The van der Waals surface area contributed by atoms with E-state index in [0.29, 0.717) is 0 Å². The van der Waals surface area contributed by atoms with E-state index in [2.05, 4.69) is 15.9 Å². The zero-order valence-corrected chi connectivity index (χ0v) is 12.2. The zero-order valence-electron chi connectivity index (χ0n) is 10.6. The summed E-state index contributed by atoms with van der Waals surface area (Å²) in [5.74, 6) is -0.824. The number of esters is 1. The summed E-state index contributed by atoms with van der Waals surface area (Å²) in [6.07, 6.45) is -6.18. The van der Waals surface area contributed by atoms with E-state index in [4.69, 9.17) is 4.74 Å². The molecule has 8 heteroatoms. The number of halogens is 5. The fourth-order valence-electron chi connectivity index (χ4n) is 1.41. The van der Waals surface area contributed by atoms with Crippen LogP contribution in [0.4, 0.5) is 17.6 Å². The van der Waals surface area contributed by atoms with Gasteiger partial charge in [0.2, 0.25) is 0 Å². The molecule has 1 rings (SSSR count). The second-order valence-electron chi connectivity index (χ2n) is 4.16. The lowest BCUT2D eigenvalue weighted by Crippen LogP contribution is -2.18. The highest BCUT2D eigenvalue weighted by atomic mass is 79.9. The molecule has 0 spiro atoms. The Bertz CT molecular complexity index is 487. The summed E-state index contributed by atoms with van der Waals surface area (Å²) in [6, 6.07) is 3.54. The van der Waals surface area contributed by atoms with Gasteiger partial charge in [-0.25, -0.2) is 9.18 Å². The minimum atomic E-state index is -4.48. The molecule has 2 atom stereocenters. The molecule has 0 unspecified atom stereocenters. The average Bonchev–Trinajstić information content (AvgIpc) is 2.43. The predicted molar refractivity (Wildman–Crippen MR) is 70.0 cm³/mol. The van der Waals surface area contributed by atoms with Crippen LogP contribution in [0.15, 0.2) is 24.3 Å². The maximum atomic E-state index is 12.7. The van der Waals surface area contributed by atoms with Crippen LogP contribution < -0.4 is 0 Å². The SMILES string of the molecule is O=C[C@@H](F)C[C@@H](Br)COC(=O)c1ccc(C(F)(F)F)cc1. The van der Waals surface area contributed by atoms with E-state index in [1.165, 1.54) is 0 Å². The van der Waals surface area contributed by atoms with Crippen molar-refractivity contribution in [3.8, 4) is 0 Å². The van der Waals surface area contributed by atoms with Gasteiger partial charge < -0.3 is 9.53 Å². The number of hydrogen-bond donors (Lipinski definition) is 0. The number of aldehydes is 1. The van der Waals surface area contributed by atoms with E-state index in [1.807, 2.05) is 0 Å². The van der Waals surface area contributed by atoms with E-state index in [9.17, 15) is 27.2 Å². The Balaban J connectivity index is 2.54. The molecule has 0 aliphatic rings. The molecule has 0 heterocycles. The molecule has 0 N–H and O–H groups in total. The van der Waals surface area contributed by atoms with E-state index in [-0.39, 0.29) is 24.9 Å². The Morgan fingerprint density at radius 2 is 1.86 bits per heavy atom. The summed E-state index contributed by atoms with van der Waals surface area (Å²) >= 11 is 3.03. The van der Waals surface area contributed by atoms with Crippen molar-refractivity contribution in [3.05, 3.63) is 35.4 Å². The van der Waals surface area contributed by atoms with Gasteiger partial charge in [0.05, 0.1) is 16.0 Å². The molecule has 0 aliphatic carbocycles. The molecule has 0 aromatic heterocycles. The monoisotopic (exact) mass is 370 g/mol. The van der Waals surface area contributed by atoms with Gasteiger partial charge in [0.25, 0.3) is 0 Å². The minimum absolute atomic E-state index is 0.0464. The Kier molecular flexibility index (Phi) is 6.32. The van der Waals surface area contributed by atoms with Crippen LogP contribution in [0, 0.1) is 0 Å². The highest BCUT2D eigenvalue weighted by molar-refractivity contribution is 9.09. The van der Waals surface area contributed by atoms with Crippen LogP contribution >= 0.6 is 15.9 Å². The number of hydrogen-bond acceptors (Lipinski definition) is 3. The second-order valence-corrected chi connectivity index (χ2v) is 5.45. The van der Waals surface area contributed by atoms with Crippen molar-refractivity contribution in [1.29, 1.82) is 0 Å². The molecule has 0 bridgehead atoms. The smallest absolute Gasteiger partial charge is 0.416 e. The molecule has 0 aliphatic heterocycles. The molecule has 0 amide bonds. The first kappa shape index (κ1) is 17.6. The zero-order chi connectivity index (χ0) is 16.0. The van der Waals surface area contributed by atoms with Crippen LogP contribution in [0.5, 0.6) is 0 Å². The molecule has 3 nitrogen and oxygen atoms in total. The number of rotatable bonds is 6. The van der Waals surface area contributed by atoms with Gasteiger partial charge in [0.15, 0.2) is 12.5 Å². The first-order valence-electron chi connectivity index (χ1n) is 5.82. The summed E-state index contributed by atoms with van der Waals surface area (Å²) in [7, 11) is 0. The number of carbonyl (C=O) groups is 2. The molecular weight excluding hydrogens is 360 g/mol. The molecule has 0 radical (unpaired) electrons. The van der Waals surface area contributed by atoms with Gasteiger partial charge in [0, 0.05) is 6.42 Å². The number of benzene rings is 1. The first-order valence-corrected chi connectivity index (χ1v) is 6.73. The van der Waals surface area contributed by atoms with E-state index in [0.717, 1.165) is 24.3 Å². The van der Waals surface area contributed by atoms with E-state index >= 15 is 0 Å². The van der Waals surface area contributed by atoms with Crippen molar-refractivity contribution in [2.24, 2.45) is 0 Å². The average molecular weight is 371 g/mol. The fourth-order valence-corrected chi connectivity index (χ4v) is 1.90. The number of carbonyl (C=O) groups excluding carboxylic acids is 2. The molecule has 1 aromatic rings. The van der Waals surface area contributed by atoms with Gasteiger partial charge in [-0.1, -0.05) is 15.9 Å². The van der Waals surface area contributed by atoms with Crippen molar-refractivity contribution >= 4 is 28.2 Å². The maximum absolute atomic E-state index is 12.7. The maximum Gasteiger partial charge on any atom is 0.416 e. The topological polar surface area (TPSA) is 43.4 Å². The molecule has 21 heavy (non-hydrogen) atoms. The number of ether oxygens (including phenoxy) is 1. The van der Waals surface area contributed by atoms with Gasteiger partial charge in [-0.2, -0.15) is 13.2 Å². The molecule has 0 fully saturated rings. The molecule has 1 aromatic carbocycles. The summed E-state index contributed by atoms with van der Waals surface area (Å²) in [5.41, 5.74) is -0.918. The van der Waals surface area contributed by atoms with E-state index < -0.39 is 28.7 Å². The number of alkyl halides is 5. The quantitative estimate of drug-likeness (QED) is 0.333. The molecule has 0 saturated heterocycles. The van der Waals surface area contributed by atoms with Gasteiger partial charge in [-0.3, -0.25) is 0 Å². The lowest BCUT2D eigenvalue weighted by atomic mass is 10.1. The summed E-state index contributed by atoms with van der Waals surface area (Å²) in [6.45, 7) is -0.200. The Morgan fingerprint density at radius 3 is 2.33 bits per heavy atom. The van der Waals surface area contributed by atoms with Crippen LogP contribution in [0.2, 0.25) is 0 Å². The van der Waals surface area contributed by atoms with Crippen molar-refractivity contribution in [2.45, 2.75) is 23.6 Å². The lowest BCUT2D eigenvalue weighted by Gasteiger charge is -2.11. The molecule has 0 saturated carbocycles. The van der Waals surface area contributed by atoms with Gasteiger partial charge >= 0.3 is 12.1 Å². The third kappa shape index (κ3) is 5.82. The first-order chi connectivity index (χ1) is 9.74. The Morgan fingerprint density at radius 1 is 1.29 bits per heavy atom. The summed E-state index contributed by atoms with van der Waals surface area (Å²) < 4.78 is 54.6. The summed E-state index contributed by atoms with van der Waals surface area (Å²) in [5, 5.41) is 0. The minimum Gasteiger partial charge on any atom is -0.461 e. The molecule has 116 valence electrons. The van der Waals surface area contributed by atoms with Crippen molar-refractivity contribution in [2.75, 3.05) is 6.61 Å². The highest BCUT2D eigenvalue weighted by Crippen LogP contribution is 2.29. The highest BCUT2D eigenvalue weighted by Gasteiger charge is 2.30.